The second-order valence-corrected chi connectivity index (χ2v) is 14.4. The summed E-state index contributed by atoms with van der Waals surface area (Å²) in [5.74, 6) is -3.77. The maximum absolute atomic E-state index is 14.3. The third-order valence-electron chi connectivity index (χ3n) is 7.77. The average molecular weight is 635 g/mol. The number of nitrogens with one attached hydrogen (secondary N) is 2. The number of thiazole rings is 1. The zero-order valence-corrected chi connectivity index (χ0v) is 24.8. The third kappa shape index (κ3) is 6.16. The first-order chi connectivity index (χ1) is 20.4. The van der Waals surface area contributed by atoms with E-state index < -0.39 is 51.5 Å². The highest BCUT2D eigenvalue weighted by Crippen LogP contribution is 2.44. The lowest BCUT2D eigenvalue weighted by molar-refractivity contribution is 0.0216. The highest BCUT2D eigenvalue weighted by atomic mass is 32.2. The van der Waals surface area contributed by atoms with E-state index in [0.717, 1.165) is 41.1 Å². The first kappa shape index (κ1) is 29.7. The third-order valence-corrected chi connectivity index (χ3v) is 9.84. The fourth-order valence-corrected chi connectivity index (χ4v) is 7.70. The second-order valence-electron chi connectivity index (χ2n) is 11.2. The van der Waals surface area contributed by atoms with Crippen molar-refractivity contribution in [2.75, 3.05) is 22.6 Å². The number of hydrogen-bond acceptors (Lipinski definition) is 11. The van der Waals surface area contributed by atoms with Gasteiger partial charge >= 0.3 is 0 Å². The second kappa shape index (κ2) is 11.3. The average Bonchev–Trinajstić information content (AvgIpc) is 3.64. The van der Waals surface area contributed by atoms with E-state index in [9.17, 15) is 31.8 Å². The highest BCUT2D eigenvalue weighted by Gasteiger charge is 2.43. The van der Waals surface area contributed by atoms with Crippen LogP contribution in [-0.4, -0.2) is 68.8 Å². The Morgan fingerprint density at radius 3 is 2.51 bits per heavy atom. The van der Waals surface area contributed by atoms with Crippen molar-refractivity contribution in [3.05, 3.63) is 58.8 Å². The molecule has 0 amide bonds. The van der Waals surface area contributed by atoms with Gasteiger partial charge in [0.2, 0.25) is 5.95 Å². The van der Waals surface area contributed by atoms with Gasteiger partial charge in [-0.1, -0.05) is 0 Å². The summed E-state index contributed by atoms with van der Waals surface area (Å²) in [5, 5.41) is 28.1. The predicted molar refractivity (Wildman–Crippen MR) is 156 cm³/mol. The van der Waals surface area contributed by atoms with Crippen LogP contribution in [0.3, 0.4) is 0 Å². The van der Waals surface area contributed by atoms with Crippen LogP contribution in [0.5, 0.6) is 0 Å². The van der Waals surface area contributed by atoms with Crippen LogP contribution in [0.4, 0.5) is 24.9 Å². The number of halogens is 3. The number of aryl methyl sites for hydroxylation is 1. The minimum Gasteiger partial charge on any atom is -0.390 e. The van der Waals surface area contributed by atoms with Crippen LogP contribution in [0.25, 0.3) is 20.8 Å². The summed E-state index contributed by atoms with van der Waals surface area (Å²) < 4.78 is 66.2. The molecule has 15 heteroatoms. The Balaban J connectivity index is 1.37. The smallest absolute Gasteiger partial charge is 0.225 e. The van der Waals surface area contributed by atoms with Gasteiger partial charge in [-0.25, -0.2) is 31.6 Å². The molecule has 3 heterocycles. The fourth-order valence-electron chi connectivity index (χ4n) is 5.52. The number of rotatable bonds is 9. The molecular weight excluding hydrogens is 605 g/mol. The number of hydrogen-bond donors (Lipinski definition) is 4. The Morgan fingerprint density at radius 1 is 1.05 bits per heavy atom. The van der Waals surface area contributed by atoms with Gasteiger partial charge in [0.25, 0.3) is 0 Å². The lowest BCUT2D eigenvalue weighted by Gasteiger charge is -2.21. The minimum absolute atomic E-state index is 0.0371. The first-order valence-corrected chi connectivity index (χ1v) is 16.6. The maximum atomic E-state index is 14.3. The molecule has 0 unspecified atom stereocenters. The molecule has 10 nitrogen and oxygen atoms in total. The predicted octanol–water partition coefficient (Wildman–Crippen LogP) is 3.93. The van der Waals surface area contributed by atoms with Crippen molar-refractivity contribution in [2.45, 2.75) is 56.9 Å². The van der Waals surface area contributed by atoms with E-state index in [1.54, 1.807) is 13.1 Å². The zero-order chi connectivity index (χ0) is 30.6. The lowest BCUT2D eigenvalue weighted by atomic mass is 10.1. The molecule has 1 aromatic carbocycles. The monoisotopic (exact) mass is 634 g/mol. The summed E-state index contributed by atoms with van der Waals surface area (Å²) in [5.41, 5.74) is 2.59. The van der Waals surface area contributed by atoms with Crippen molar-refractivity contribution < 1.29 is 31.8 Å². The molecule has 0 aliphatic heterocycles. The lowest BCUT2D eigenvalue weighted by Crippen LogP contribution is -2.36. The number of fused-ring (bicyclic) bond motifs is 1. The normalized spacial score (nSPS) is 22.3. The van der Waals surface area contributed by atoms with Crippen LogP contribution in [0, 0.1) is 30.3 Å². The number of benzene rings is 1. The van der Waals surface area contributed by atoms with Crippen molar-refractivity contribution in [3.63, 3.8) is 0 Å². The van der Waals surface area contributed by atoms with E-state index in [1.165, 1.54) is 11.3 Å². The first-order valence-electron chi connectivity index (χ1n) is 13.7. The molecule has 6 rings (SSSR count). The molecule has 0 spiro atoms. The summed E-state index contributed by atoms with van der Waals surface area (Å²) in [7, 11) is -3.42. The van der Waals surface area contributed by atoms with E-state index in [-0.39, 0.29) is 36.0 Å². The topological polar surface area (TPSA) is 150 Å². The van der Waals surface area contributed by atoms with Crippen molar-refractivity contribution in [1.82, 2.24) is 19.9 Å². The van der Waals surface area contributed by atoms with Crippen LogP contribution >= 0.6 is 11.3 Å². The van der Waals surface area contributed by atoms with Crippen LogP contribution in [-0.2, 0) is 16.4 Å². The molecule has 2 fully saturated rings. The molecule has 2 aliphatic rings. The highest BCUT2D eigenvalue weighted by molar-refractivity contribution is 7.90. The molecular formula is C28H29F3N6O4S2. The molecule has 0 saturated heterocycles. The molecule has 3 aromatic heterocycles. The molecule has 0 bridgehead atoms. The van der Waals surface area contributed by atoms with Crippen molar-refractivity contribution in [2.24, 2.45) is 5.92 Å². The Labute approximate surface area is 249 Å². The van der Waals surface area contributed by atoms with Crippen molar-refractivity contribution in [1.29, 1.82) is 0 Å². The molecule has 4 N–H and O–H groups in total. The number of aliphatic hydroxyl groups is 2. The van der Waals surface area contributed by atoms with E-state index in [0.29, 0.717) is 28.2 Å². The maximum Gasteiger partial charge on any atom is 0.225 e. The summed E-state index contributed by atoms with van der Waals surface area (Å²) >= 11 is 1.42. The number of aromatic nitrogens is 4. The van der Waals surface area contributed by atoms with Gasteiger partial charge in [-0.3, -0.25) is 4.98 Å². The number of pyridine rings is 1. The van der Waals surface area contributed by atoms with Crippen molar-refractivity contribution >= 4 is 43.2 Å². The van der Waals surface area contributed by atoms with Crippen LogP contribution in [0.1, 0.15) is 42.1 Å². The zero-order valence-electron chi connectivity index (χ0n) is 23.2. The molecule has 43 heavy (non-hydrogen) atoms. The van der Waals surface area contributed by atoms with Crippen LogP contribution in [0.2, 0.25) is 0 Å². The Morgan fingerprint density at radius 2 is 1.79 bits per heavy atom. The Kier molecular flexibility index (Phi) is 7.77. The molecule has 2 aliphatic carbocycles. The van der Waals surface area contributed by atoms with Gasteiger partial charge in [0, 0.05) is 42.5 Å². The Hall–Kier alpha value is -3.40. The minimum atomic E-state index is -3.42. The molecule has 0 radical (unpaired) electrons. The quantitative estimate of drug-likeness (QED) is 0.200. The van der Waals surface area contributed by atoms with Gasteiger partial charge in [-0.15, -0.1) is 11.3 Å². The summed E-state index contributed by atoms with van der Waals surface area (Å²) in [6.45, 7) is 1.48. The van der Waals surface area contributed by atoms with Gasteiger partial charge in [0.1, 0.15) is 38.1 Å². The van der Waals surface area contributed by atoms with Crippen molar-refractivity contribution in [3.8, 4) is 10.6 Å². The SMILES string of the molecule is Cc1nc(NCc2cc(F)c(F)cc2F)nc(N[C@@H]2C[C@H](CS(C)(=O)=O)[C@@H](O)[C@H]2O)c1-c1nc2c(C3CC3)nccc2s1. The van der Waals surface area contributed by atoms with E-state index in [4.69, 9.17) is 4.98 Å². The Bertz CT molecular complexity index is 1820. The number of sulfone groups is 1. The van der Waals surface area contributed by atoms with Crippen LogP contribution < -0.4 is 10.6 Å². The molecule has 2 saturated carbocycles. The van der Waals surface area contributed by atoms with E-state index >= 15 is 0 Å². The van der Waals surface area contributed by atoms with E-state index in [1.807, 2.05) is 6.07 Å². The molecule has 4 aromatic rings. The summed E-state index contributed by atoms with van der Waals surface area (Å²) in [6.07, 6.45) is 2.50. The largest absolute Gasteiger partial charge is 0.390 e. The van der Waals surface area contributed by atoms with Crippen LogP contribution in [0.15, 0.2) is 24.4 Å². The van der Waals surface area contributed by atoms with Gasteiger partial charge in [-0.2, -0.15) is 4.98 Å². The van der Waals surface area contributed by atoms with Gasteiger partial charge < -0.3 is 20.8 Å². The van der Waals surface area contributed by atoms with Gasteiger partial charge in [0.05, 0.1) is 39.5 Å². The molecule has 4 atom stereocenters. The number of aliphatic hydroxyl groups excluding tert-OH is 2. The fraction of sp³-hybridized carbons (Fsp3) is 0.429. The van der Waals surface area contributed by atoms with Gasteiger partial charge in [0.15, 0.2) is 11.6 Å². The van der Waals surface area contributed by atoms with E-state index in [2.05, 4.69) is 25.6 Å². The number of anilines is 2. The number of nitrogens with zero attached hydrogens (tertiary/aromatic N) is 4. The molecule has 228 valence electrons. The summed E-state index contributed by atoms with van der Waals surface area (Å²) in [6, 6.07) is 2.34. The standard InChI is InChI=1S/C28H29F3N6O4S2/c1-12-21(27-36-23-20(42-27)5-6-32-22(23)13-3-4-13)26(35-19-8-15(11-43(2,40)41)24(38)25(19)39)37-28(34-12)33-10-14-7-17(30)18(31)9-16(14)29/h5-7,9,13,15,19,24-25,38-39H,3-4,8,10-11H2,1-2H3,(H2,33,34,35,37)/t15-,19-,24-,25+/m1/s1. The van der Waals surface area contributed by atoms with Gasteiger partial charge in [-0.05, 0) is 38.3 Å². The summed E-state index contributed by atoms with van der Waals surface area (Å²) in [4.78, 5) is 18.5.